The van der Waals surface area contributed by atoms with E-state index in [0.717, 1.165) is 5.69 Å². The van der Waals surface area contributed by atoms with Gasteiger partial charge in [-0.25, -0.2) is 0 Å². The Balaban J connectivity index is 1.97. The first-order valence-corrected chi connectivity index (χ1v) is 9.08. The van der Waals surface area contributed by atoms with E-state index in [1.54, 1.807) is 24.5 Å². The second-order valence-corrected chi connectivity index (χ2v) is 6.86. The number of aryl methyl sites for hydroxylation is 1. The average molecular weight is 361 g/mol. The maximum atomic E-state index is 12.0. The SMILES string of the molecule is CCOC(=O)CN1C(=S)NC(c2ccccn2)C1c1sccc1C. The fraction of sp³-hybridized carbons (Fsp3) is 0.353. The summed E-state index contributed by atoms with van der Waals surface area (Å²) in [6, 6.07) is 7.74. The third-order valence-electron chi connectivity index (χ3n) is 3.97. The summed E-state index contributed by atoms with van der Waals surface area (Å²) in [5.74, 6) is -0.275. The summed E-state index contributed by atoms with van der Waals surface area (Å²) in [5.41, 5.74) is 2.09. The molecule has 0 radical (unpaired) electrons. The number of nitrogens with zero attached hydrogens (tertiary/aromatic N) is 2. The lowest BCUT2D eigenvalue weighted by molar-refractivity contribution is -0.143. The highest BCUT2D eigenvalue weighted by atomic mass is 32.1. The first-order chi connectivity index (χ1) is 11.6. The number of esters is 1. The number of pyridine rings is 1. The van der Waals surface area contributed by atoms with Crippen LogP contribution in [0.15, 0.2) is 35.8 Å². The van der Waals surface area contributed by atoms with Crippen molar-refractivity contribution in [2.75, 3.05) is 13.2 Å². The van der Waals surface area contributed by atoms with Gasteiger partial charge in [0.2, 0.25) is 0 Å². The third-order valence-corrected chi connectivity index (χ3v) is 5.41. The standard InChI is InChI=1S/C17H19N3O2S2/c1-3-22-13(21)10-20-15(16-11(2)7-9-24-16)14(19-17(20)23)12-6-4-5-8-18-12/h4-9,14-15H,3,10H2,1-2H3,(H,19,23). The number of thiophene rings is 1. The van der Waals surface area contributed by atoms with E-state index in [4.69, 9.17) is 17.0 Å². The van der Waals surface area contributed by atoms with Gasteiger partial charge in [-0.15, -0.1) is 11.3 Å². The largest absolute Gasteiger partial charge is 0.465 e. The Bertz CT molecular complexity index is 732. The Labute approximate surface area is 150 Å². The van der Waals surface area contributed by atoms with Gasteiger partial charge in [0.25, 0.3) is 0 Å². The first-order valence-electron chi connectivity index (χ1n) is 7.79. The Hall–Kier alpha value is -1.99. The average Bonchev–Trinajstić information content (AvgIpc) is 3.12. The number of hydrogen-bond donors (Lipinski definition) is 1. The zero-order valence-corrected chi connectivity index (χ0v) is 15.2. The Kier molecular flexibility index (Phi) is 5.11. The smallest absolute Gasteiger partial charge is 0.325 e. The van der Waals surface area contributed by atoms with Gasteiger partial charge < -0.3 is 15.0 Å². The summed E-state index contributed by atoms with van der Waals surface area (Å²) < 4.78 is 5.11. The predicted molar refractivity (Wildman–Crippen MR) is 97.8 cm³/mol. The van der Waals surface area contributed by atoms with Crippen LogP contribution in [0.1, 0.15) is 35.1 Å². The van der Waals surface area contributed by atoms with E-state index >= 15 is 0 Å². The first kappa shape index (κ1) is 16.9. The maximum Gasteiger partial charge on any atom is 0.325 e. The highest BCUT2D eigenvalue weighted by Crippen LogP contribution is 2.41. The van der Waals surface area contributed by atoms with Crippen LogP contribution in [0.25, 0.3) is 0 Å². The van der Waals surface area contributed by atoms with E-state index in [-0.39, 0.29) is 24.6 Å². The molecule has 1 aliphatic heterocycles. The molecule has 7 heteroatoms. The van der Waals surface area contributed by atoms with Gasteiger partial charge in [0.15, 0.2) is 5.11 Å². The van der Waals surface area contributed by atoms with Gasteiger partial charge in [0, 0.05) is 11.1 Å². The number of hydrogen-bond acceptors (Lipinski definition) is 5. The molecule has 1 N–H and O–H groups in total. The predicted octanol–water partition coefficient (Wildman–Crippen LogP) is 2.99. The van der Waals surface area contributed by atoms with E-state index in [2.05, 4.69) is 28.7 Å². The van der Waals surface area contributed by atoms with Crippen molar-refractivity contribution >= 4 is 34.6 Å². The van der Waals surface area contributed by atoms with Crippen LogP contribution in [0.5, 0.6) is 0 Å². The molecule has 0 amide bonds. The minimum atomic E-state index is -0.275. The van der Waals surface area contributed by atoms with E-state index in [1.807, 2.05) is 23.1 Å². The fourth-order valence-corrected chi connectivity index (χ4v) is 4.27. The fourth-order valence-electron chi connectivity index (χ4n) is 2.89. The molecule has 0 bridgehead atoms. The van der Waals surface area contributed by atoms with Crippen LogP contribution in [0.2, 0.25) is 0 Å². The molecule has 2 unspecified atom stereocenters. The number of ether oxygens (including phenoxy) is 1. The zero-order chi connectivity index (χ0) is 17.1. The van der Waals surface area contributed by atoms with Gasteiger partial charge in [-0.05, 0) is 55.2 Å². The van der Waals surface area contributed by atoms with Crippen molar-refractivity contribution in [2.24, 2.45) is 0 Å². The quantitative estimate of drug-likeness (QED) is 0.653. The van der Waals surface area contributed by atoms with Crippen molar-refractivity contribution in [3.63, 3.8) is 0 Å². The lowest BCUT2D eigenvalue weighted by Gasteiger charge is -2.26. The van der Waals surface area contributed by atoms with E-state index < -0.39 is 0 Å². The highest BCUT2D eigenvalue weighted by Gasteiger charge is 2.41. The van der Waals surface area contributed by atoms with Crippen LogP contribution in [0.4, 0.5) is 0 Å². The molecule has 1 fully saturated rings. The van der Waals surface area contributed by atoms with Gasteiger partial charge in [-0.1, -0.05) is 6.07 Å². The second kappa shape index (κ2) is 7.27. The number of nitrogens with one attached hydrogen (secondary N) is 1. The lowest BCUT2D eigenvalue weighted by atomic mass is 10.0. The van der Waals surface area contributed by atoms with E-state index in [0.29, 0.717) is 11.7 Å². The molecule has 0 saturated carbocycles. The zero-order valence-electron chi connectivity index (χ0n) is 13.6. The van der Waals surface area contributed by atoms with E-state index in [9.17, 15) is 4.79 Å². The second-order valence-electron chi connectivity index (χ2n) is 5.53. The molecule has 5 nitrogen and oxygen atoms in total. The Morgan fingerprint density at radius 3 is 2.92 bits per heavy atom. The molecule has 0 aromatic carbocycles. The molecule has 24 heavy (non-hydrogen) atoms. The summed E-state index contributed by atoms with van der Waals surface area (Å²) in [4.78, 5) is 19.6. The summed E-state index contributed by atoms with van der Waals surface area (Å²) in [5, 5.41) is 5.94. The normalized spacial score (nSPS) is 20.1. The van der Waals surface area contributed by atoms with Crippen LogP contribution in [0, 0.1) is 6.92 Å². The summed E-state index contributed by atoms with van der Waals surface area (Å²) in [6.07, 6.45) is 1.77. The monoisotopic (exact) mass is 361 g/mol. The number of aromatic nitrogens is 1. The Morgan fingerprint density at radius 1 is 1.46 bits per heavy atom. The Morgan fingerprint density at radius 2 is 2.29 bits per heavy atom. The van der Waals surface area contributed by atoms with Gasteiger partial charge in [-0.3, -0.25) is 9.78 Å². The summed E-state index contributed by atoms with van der Waals surface area (Å²) in [6.45, 7) is 4.37. The minimum Gasteiger partial charge on any atom is -0.465 e. The molecular weight excluding hydrogens is 342 g/mol. The molecule has 2 aromatic heterocycles. The number of rotatable bonds is 5. The van der Waals surface area contributed by atoms with Crippen molar-refractivity contribution < 1.29 is 9.53 Å². The number of carbonyl (C=O) groups excluding carboxylic acids is 1. The van der Waals surface area contributed by atoms with Gasteiger partial charge in [-0.2, -0.15) is 0 Å². The molecule has 3 rings (SSSR count). The van der Waals surface area contributed by atoms with Crippen LogP contribution in [-0.2, 0) is 9.53 Å². The molecule has 2 aromatic rings. The molecule has 1 aliphatic rings. The van der Waals surface area contributed by atoms with Crippen LogP contribution >= 0.6 is 23.6 Å². The summed E-state index contributed by atoms with van der Waals surface area (Å²) in [7, 11) is 0. The molecule has 3 heterocycles. The molecule has 0 aliphatic carbocycles. The number of thiocarbonyl (C=S) groups is 1. The van der Waals surface area contributed by atoms with Gasteiger partial charge in [0.05, 0.1) is 24.4 Å². The van der Waals surface area contributed by atoms with Gasteiger partial charge in [0.1, 0.15) is 6.54 Å². The van der Waals surface area contributed by atoms with Crippen molar-refractivity contribution in [1.29, 1.82) is 0 Å². The molecule has 0 spiro atoms. The van der Waals surface area contributed by atoms with Crippen molar-refractivity contribution in [3.05, 3.63) is 52.0 Å². The molecule has 1 saturated heterocycles. The van der Waals surface area contributed by atoms with Crippen LogP contribution in [0.3, 0.4) is 0 Å². The van der Waals surface area contributed by atoms with Crippen molar-refractivity contribution in [2.45, 2.75) is 25.9 Å². The van der Waals surface area contributed by atoms with Gasteiger partial charge >= 0.3 is 5.97 Å². The summed E-state index contributed by atoms with van der Waals surface area (Å²) >= 11 is 7.17. The maximum absolute atomic E-state index is 12.0. The molecular formula is C17H19N3O2S2. The third kappa shape index (κ3) is 3.27. The van der Waals surface area contributed by atoms with Crippen molar-refractivity contribution in [3.8, 4) is 0 Å². The lowest BCUT2D eigenvalue weighted by Crippen LogP contribution is -2.35. The van der Waals surface area contributed by atoms with Crippen LogP contribution < -0.4 is 5.32 Å². The molecule has 126 valence electrons. The van der Waals surface area contributed by atoms with Crippen molar-refractivity contribution in [1.82, 2.24) is 15.2 Å². The molecule has 2 atom stereocenters. The minimum absolute atomic E-state index is 0.0724. The topological polar surface area (TPSA) is 54.5 Å². The highest BCUT2D eigenvalue weighted by molar-refractivity contribution is 7.80. The van der Waals surface area contributed by atoms with E-state index in [1.165, 1.54) is 10.4 Å². The number of carbonyl (C=O) groups is 1. The van der Waals surface area contributed by atoms with Crippen LogP contribution in [-0.4, -0.2) is 34.1 Å².